The Balaban J connectivity index is 2.17. The molecule has 0 amide bonds. The molecular weight excluding hydrogens is 241 g/mol. The van der Waals surface area contributed by atoms with E-state index in [1.165, 1.54) is 18.3 Å². The third-order valence-corrected chi connectivity index (χ3v) is 2.63. The summed E-state index contributed by atoms with van der Waals surface area (Å²) in [7, 11) is 0. The van der Waals surface area contributed by atoms with Crippen LogP contribution in [0.3, 0.4) is 0 Å². The van der Waals surface area contributed by atoms with Crippen LogP contribution in [0.25, 0.3) is 0 Å². The van der Waals surface area contributed by atoms with Crippen molar-refractivity contribution in [3.63, 3.8) is 0 Å². The molecule has 1 heterocycles. The molecule has 17 heavy (non-hydrogen) atoms. The van der Waals surface area contributed by atoms with E-state index >= 15 is 0 Å². The van der Waals surface area contributed by atoms with Crippen LogP contribution >= 0.6 is 11.6 Å². The van der Waals surface area contributed by atoms with E-state index in [2.05, 4.69) is 15.3 Å². The third-order valence-electron chi connectivity index (χ3n) is 2.36. The summed E-state index contributed by atoms with van der Waals surface area (Å²) in [4.78, 5) is 7.98. The van der Waals surface area contributed by atoms with Gasteiger partial charge in [0.2, 0.25) is 0 Å². The van der Waals surface area contributed by atoms with E-state index in [4.69, 9.17) is 11.6 Å². The van der Waals surface area contributed by atoms with Crippen LogP contribution < -0.4 is 5.32 Å². The van der Waals surface area contributed by atoms with Crippen LogP contribution in [0.2, 0.25) is 5.15 Å². The first-order chi connectivity index (χ1) is 8.16. The van der Waals surface area contributed by atoms with E-state index in [1.807, 2.05) is 13.0 Å². The van der Waals surface area contributed by atoms with Gasteiger partial charge < -0.3 is 5.32 Å². The number of hydrogen-bond acceptors (Lipinski definition) is 3. The summed E-state index contributed by atoms with van der Waals surface area (Å²) in [5.74, 6) is 0.229. The van der Waals surface area contributed by atoms with E-state index in [0.29, 0.717) is 11.0 Å². The number of anilines is 1. The van der Waals surface area contributed by atoms with Crippen LogP contribution in [0.5, 0.6) is 0 Å². The van der Waals surface area contributed by atoms with Crippen molar-refractivity contribution < 1.29 is 4.39 Å². The second kappa shape index (κ2) is 5.10. The normalized spacial score (nSPS) is 12.2. The van der Waals surface area contributed by atoms with Gasteiger partial charge in [0.1, 0.15) is 5.82 Å². The number of nitrogens with one attached hydrogen (secondary N) is 1. The first kappa shape index (κ1) is 11.8. The Kier molecular flexibility index (Phi) is 3.54. The Bertz CT molecular complexity index is 519. The number of hydrogen-bond donors (Lipinski definition) is 1. The molecule has 88 valence electrons. The van der Waals surface area contributed by atoms with Crippen molar-refractivity contribution in [2.24, 2.45) is 0 Å². The summed E-state index contributed by atoms with van der Waals surface area (Å²) < 4.78 is 13.1. The highest BCUT2D eigenvalue weighted by molar-refractivity contribution is 6.31. The SMILES string of the molecule is CC(Nc1nccnc1Cl)c1cccc(F)c1. The molecule has 2 aromatic rings. The fraction of sp³-hybridized carbons (Fsp3) is 0.167. The van der Waals surface area contributed by atoms with Crippen LogP contribution in [-0.2, 0) is 0 Å². The van der Waals surface area contributed by atoms with E-state index in [1.54, 1.807) is 12.3 Å². The van der Waals surface area contributed by atoms with E-state index in [9.17, 15) is 4.39 Å². The van der Waals surface area contributed by atoms with Crippen molar-refractivity contribution in [1.29, 1.82) is 0 Å². The molecule has 1 aromatic carbocycles. The predicted molar refractivity (Wildman–Crippen MR) is 65.5 cm³/mol. The minimum absolute atomic E-state index is 0.0973. The predicted octanol–water partition coefficient (Wildman–Crippen LogP) is 3.44. The number of benzene rings is 1. The first-order valence-electron chi connectivity index (χ1n) is 5.15. The number of halogens is 2. The lowest BCUT2D eigenvalue weighted by molar-refractivity contribution is 0.623. The first-order valence-corrected chi connectivity index (χ1v) is 5.53. The molecular formula is C12H11ClFN3. The molecule has 0 radical (unpaired) electrons. The monoisotopic (exact) mass is 251 g/mol. The van der Waals surface area contributed by atoms with Crippen LogP contribution in [0.15, 0.2) is 36.7 Å². The zero-order chi connectivity index (χ0) is 12.3. The smallest absolute Gasteiger partial charge is 0.171 e. The highest BCUT2D eigenvalue weighted by Gasteiger charge is 2.09. The molecule has 0 bridgehead atoms. The van der Waals surface area contributed by atoms with Crippen LogP contribution in [0.1, 0.15) is 18.5 Å². The lowest BCUT2D eigenvalue weighted by Gasteiger charge is -2.15. The van der Waals surface area contributed by atoms with Gasteiger partial charge in [-0.3, -0.25) is 0 Å². The standard InChI is InChI=1S/C12H11ClFN3/c1-8(9-3-2-4-10(14)7-9)17-12-11(13)15-5-6-16-12/h2-8H,1H3,(H,16,17). The van der Waals surface area contributed by atoms with Gasteiger partial charge in [-0.25, -0.2) is 14.4 Å². The summed E-state index contributed by atoms with van der Waals surface area (Å²) in [5, 5.41) is 3.38. The molecule has 0 aliphatic heterocycles. The molecule has 3 nitrogen and oxygen atoms in total. The molecule has 1 unspecified atom stereocenters. The maximum atomic E-state index is 13.1. The molecule has 5 heteroatoms. The summed E-state index contributed by atoms with van der Waals surface area (Å²) in [6.45, 7) is 1.90. The van der Waals surface area contributed by atoms with Gasteiger partial charge in [0.05, 0.1) is 6.04 Å². The fourth-order valence-electron chi connectivity index (χ4n) is 1.48. The highest BCUT2D eigenvalue weighted by atomic mass is 35.5. The van der Waals surface area contributed by atoms with Crippen LogP contribution in [0.4, 0.5) is 10.2 Å². The van der Waals surface area contributed by atoms with Crippen molar-refractivity contribution in [3.8, 4) is 0 Å². The van der Waals surface area contributed by atoms with Crippen LogP contribution in [0, 0.1) is 5.82 Å². The summed E-state index contributed by atoms with van der Waals surface area (Å²) in [6, 6.07) is 6.29. The molecule has 0 aliphatic rings. The maximum Gasteiger partial charge on any atom is 0.171 e. The molecule has 0 saturated heterocycles. The number of aromatic nitrogens is 2. The van der Waals surface area contributed by atoms with Crippen molar-refractivity contribution in [1.82, 2.24) is 9.97 Å². The molecule has 1 N–H and O–H groups in total. The van der Waals surface area contributed by atoms with Gasteiger partial charge in [-0.15, -0.1) is 0 Å². The topological polar surface area (TPSA) is 37.8 Å². The highest BCUT2D eigenvalue weighted by Crippen LogP contribution is 2.22. The minimum atomic E-state index is -0.263. The van der Waals surface area contributed by atoms with Gasteiger partial charge in [0, 0.05) is 12.4 Å². The molecule has 0 fully saturated rings. The lowest BCUT2D eigenvalue weighted by Crippen LogP contribution is -2.08. The zero-order valence-corrected chi connectivity index (χ0v) is 9.95. The van der Waals surface area contributed by atoms with Crippen molar-refractivity contribution in [2.45, 2.75) is 13.0 Å². The molecule has 0 saturated carbocycles. The Morgan fingerprint density at radius 1 is 1.29 bits per heavy atom. The molecule has 1 aromatic heterocycles. The average molecular weight is 252 g/mol. The molecule has 2 rings (SSSR count). The second-order valence-electron chi connectivity index (χ2n) is 3.62. The van der Waals surface area contributed by atoms with Gasteiger partial charge >= 0.3 is 0 Å². The van der Waals surface area contributed by atoms with E-state index in [0.717, 1.165) is 5.56 Å². The lowest BCUT2D eigenvalue weighted by atomic mass is 10.1. The van der Waals surface area contributed by atoms with Gasteiger partial charge in [-0.1, -0.05) is 23.7 Å². The van der Waals surface area contributed by atoms with Crippen LogP contribution in [-0.4, -0.2) is 9.97 Å². The second-order valence-corrected chi connectivity index (χ2v) is 3.97. The quantitative estimate of drug-likeness (QED) is 0.908. The van der Waals surface area contributed by atoms with E-state index < -0.39 is 0 Å². The van der Waals surface area contributed by atoms with Gasteiger partial charge in [-0.2, -0.15) is 0 Å². The maximum absolute atomic E-state index is 13.1. The Hall–Kier alpha value is -1.68. The largest absolute Gasteiger partial charge is 0.361 e. The van der Waals surface area contributed by atoms with Gasteiger partial charge in [0.25, 0.3) is 0 Å². The van der Waals surface area contributed by atoms with Crippen molar-refractivity contribution in [2.75, 3.05) is 5.32 Å². The molecule has 0 aliphatic carbocycles. The summed E-state index contributed by atoms with van der Waals surface area (Å²) in [6.07, 6.45) is 3.06. The number of nitrogens with zero attached hydrogens (tertiary/aromatic N) is 2. The minimum Gasteiger partial charge on any atom is -0.361 e. The Labute approximate surface area is 104 Å². The third kappa shape index (κ3) is 2.91. The van der Waals surface area contributed by atoms with Crippen molar-refractivity contribution >= 4 is 17.4 Å². The Morgan fingerprint density at radius 3 is 2.76 bits per heavy atom. The zero-order valence-electron chi connectivity index (χ0n) is 9.19. The fourth-order valence-corrected chi connectivity index (χ4v) is 1.64. The molecule has 0 spiro atoms. The van der Waals surface area contributed by atoms with Crippen molar-refractivity contribution in [3.05, 3.63) is 53.2 Å². The van der Waals surface area contributed by atoms with Gasteiger partial charge in [0.15, 0.2) is 11.0 Å². The average Bonchev–Trinajstić information content (AvgIpc) is 2.32. The summed E-state index contributed by atoms with van der Waals surface area (Å²) in [5.41, 5.74) is 0.826. The number of rotatable bonds is 3. The molecule has 1 atom stereocenters. The summed E-state index contributed by atoms with van der Waals surface area (Å²) >= 11 is 5.88. The Morgan fingerprint density at radius 2 is 2.06 bits per heavy atom. The van der Waals surface area contributed by atoms with Gasteiger partial charge in [-0.05, 0) is 24.6 Å². The van der Waals surface area contributed by atoms with E-state index in [-0.39, 0.29) is 11.9 Å².